The summed E-state index contributed by atoms with van der Waals surface area (Å²) in [4.78, 5) is 26.6. The molecule has 11 heteroatoms. The predicted octanol–water partition coefficient (Wildman–Crippen LogP) is 1.37. The first-order valence-corrected chi connectivity index (χ1v) is 12.6. The molecule has 34 heavy (non-hydrogen) atoms. The number of piperazine rings is 1. The Balaban J connectivity index is 1.46. The van der Waals surface area contributed by atoms with E-state index in [-0.39, 0.29) is 12.1 Å². The van der Waals surface area contributed by atoms with Crippen LogP contribution in [0, 0.1) is 6.92 Å². The first-order valence-electron chi connectivity index (χ1n) is 11.8. The summed E-state index contributed by atoms with van der Waals surface area (Å²) in [5, 5.41) is 9.68. The molecule has 0 amide bonds. The van der Waals surface area contributed by atoms with Crippen molar-refractivity contribution in [2.75, 3.05) is 69.7 Å². The summed E-state index contributed by atoms with van der Waals surface area (Å²) in [7, 11) is 0. The monoisotopic (exact) mass is 484 g/mol. The largest absolute Gasteiger partial charge is 0.392 e. The fourth-order valence-corrected chi connectivity index (χ4v) is 5.85. The van der Waals surface area contributed by atoms with E-state index in [2.05, 4.69) is 31.6 Å². The number of hydrogen-bond donors (Lipinski definition) is 2. The van der Waals surface area contributed by atoms with Gasteiger partial charge in [0.1, 0.15) is 0 Å². The van der Waals surface area contributed by atoms with Crippen molar-refractivity contribution in [3.05, 3.63) is 22.8 Å². The zero-order valence-electron chi connectivity index (χ0n) is 19.8. The van der Waals surface area contributed by atoms with Gasteiger partial charge in [-0.2, -0.15) is 0 Å². The van der Waals surface area contributed by atoms with Crippen LogP contribution >= 0.6 is 11.3 Å². The first-order chi connectivity index (χ1) is 16.5. The molecule has 3 aromatic heterocycles. The summed E-state index contributed by atoms with van der Waals surface area (Å²) >= 11 is 1.80. The topological polar surface area (TPSA) is 117 Å². The number of nitrogens with two attached hydrogens (primary N) is 1. The molecular formula is C23H32N8O2S. The van der Waals surface area contributed by atoms with E-state index in [0.717, 1.165) is 74.0 Å². The molecular weight excluding hydrogens is 452 g/mol. The molecule has 3 aromatic rings. The smallest absolute Gasteiger partial charge is 0.219 e. The minimum Gasteiger partial charge on any atom is -0.392 e. The number of morpholine rings is 1. The predicted molar refractivity (Wildman–Crippen MR) is 134 cm³/mol. The lowest BCUT2D eigenvalue weighted by molar-refractivity contribution is 0.0784. The zero-order chi connectivity index (χ0) is 23.7. The Morgan fingerprint density at radius 3 is 2.41 bits per heavy atom. The van der Waals surface area contributed by atoms with Crippen LogP contribution in [-0.4, -0.2) is 100.0 Å². The van der Waals surface area contributed by atoms with E-state index in [1.807, 2.05) is 6.92 Å². The van der Waals surface area contributed by atoms with Gasteiger partial charge >= 0.3 is 0 Å². The van der Waals surface area contributed by atoms with Gasteiger partial charge in [-0.15, -0.1) is 11.3 Å². The van der Waals surface area contributed by atoms with Gasteiger partial charge in [0.2, 0.25) is 5.95 Å². The molecule has 2 fully saturated rings. The molecule has 0 saturated carbocycles. The first kappa shape index (κ1) is 23.3. The van der Waals surface area contributed by atoms with Crippen molar-refractivity contribution in [1.29, 1.82) is 0 Å². The second kappa shape index (κ2) is 10.0. The molecule has 5 rings (SSSR count). The molecule has 3 N–H and O–H groups in total. The highest BCUT2D eigenvalue weighted by atomic mass is 32.1. The number of fused-ring (bicyclic) bond motifs is 1. The van der Waals surface area contributed by atoms with Crippen molar-refractivity contribution in [1.82, 2.24) is 29.7 Å². The number of ether oxygens (including phenoxy) is 1. The third-order valence-electron chi connectivity index (χ3n) is 6.44. The standard InChI is InChI=1S/C23H32N8O2S/c1-15(32)13-29-3-5-30(6-4-29)14-18-16(2)19-20(34-18)22(31-7-9-33-10-8-31)28-21(27-19)17-11-25-23(24)26-12-17/h11-12,15,32H,3-10,13-14H2,1-2H3,(H2,24,25,26). The summed E-state index contributed by atoms with van der Waals surface area (Å²) in [5.41, 5.74) is 8.65. The number of aliphatic hydroxyl groups is 1. The highest BCUT2D eigenvalue weighted by Crippen LogP contribution is 2.38. The van der Waals surface area contributed by atoms with Crippen molar-refractivity contribution >= 4 is 33.3 Å². The van der Waals surface area contributed by atoms with Crippen LogP contribution in [0.2, 0.25) is 0 Å². The normalized spacial score (nSPS) is 19.1. The quantitative estimate of drug-likeness (QED) is 0.531. The fraction of sp³-hybridized carbons (Fsp3) is 0.565. The van der Waals surface area contributed by atoms with Gasteiger partial charge in [-0.05, 0) is 19.4 Å². The molecule has 0 aromatic carbocycles. The van der Waals surface area contributed by atoms with Crippen molar-refractivity contribution < 1.29 is 9.84 Å². The number of aryl methyl sites for hydroxylation is 1. The van der Waals surface area contributed by atoms with Crippen LogP contribution in [-0.2, 0) is 11.3 Å². The number of aliphatic hydroxyl groups excluding tert-OH is 1. The molecule has 0 radical (unpaired) electrons. The molecule has 1 unspecified atom stereocenters. The van der Waals surface area contributed by atoms with E-state index < -0.39 is 0 Å². The number of thiophene rings is 1. The lowest BCUT2D eigenvalue weighted by Gasteiger charge is -2.35. The van der Waals surface area contributed by atoms with Crippen LogP contribution in [0.15, 0.2) is 12.4 Å². The maximum Gasteiger partial charge on any atom is 0.219 e. The molecule has 0 bridgehead atoms. The van der Waals surface area contributed by atoms with Crippen molar-refractivity contribution in [2.24, 2.45) is 0 Å². The van der Waals surface area contributed by atoms with Crippen LogP contribution in [0.4, 0.5) is 11.8 Å². The van der Waals surface area contributed by atoms with Gasteiger partial charge in [0, 0.05) is 69.6 Å². The number of anilines is 2. The average molecular weight is 485 g/mol. The Bertz CT molecular complexity index is 1120. The van der Waals surface area contributed by atoms with Crippen molar-refractivity contribution in [2.45, 2.75) is 26.5 Å². The molecule has 2 aliphatic heterocycles. The number of nitrogens with zero attached hydrogens (tertiary/aromatic N) is 7. The molecule has 2 aliphatic rings. The summed E-state index contributed by atoms with van der Waals surface area (Å²) in [6, 6.07) is 0. The zero-order valence-corrected chi connectivity index (χ0v) is 20.6. The highest BCUT2D eigenvalue weighted by Gasteiger charge is 2.24. The summed E-state index contributed by atoms with van der Waals surface area (Å²) < 4.78 is 6.71. The Morgan fingerprint density at radius 1 is 1.06 bits per heavy atom. The van der Waals surface area contributed by atoms with Gasteiger partial charge in [0.15, 0.2) is 11.6 Å². The van der Waals surface area contributed by atoms with Gasteiger partial charge in [-0.1, -0.05) is 0 Å². The van der Waals surface area contributed by atoms with E-state index in [1.54, 1.807) is 23.7 Å². The second-order valence-corrected chi connectivity index (χ2v) is 10.2. The molecule has 5 heterocycles. The number of β-amino-alcohol motifs (C(OH)–C–C–N with tert-alkyl or cyclic N) is 1. The molecule has 2 saturated heterocycles. The Labute approximate surface area is 203 Å². The lowest BCUT2D eigenvalue weighted by atomic mass is 10.2. The van der Waals surface area contributed by atoms with Crippen molar-refractivity contribution in [3.8, 4) is 11.4 Å². The van der Waals surface area contributed by atoms with E-state index in [9.17, 15) is 5.11 Å². The SMILES string of the molecule is Cc1c(CN2CCN(CC(C)O)CC2)sc2c(N3CCOCC3)nc(-c3cnc(N)nc3)nc12. The Kier molecular flexibility index (Phi) is 6.89. The van der Waals surface area contributed by atoms with Crippen LogP contribution in [0.25, 0.3) is 21.6 Å². The summed E-state index contributed by atoms with van der Waals surface area (Å²) in [6.07, 6.45) is 3.08. The van der Waals surface area contributed by atoms with Gasteiger partial charge in [-0.3, -0.25) is 9.80 Å². The average Bonchev–Trinajstić information content (AvgIpc) is 3.15. The number of rotatable bonds is 6. The Hall–Kier alpha value is -2.44. The maximum atomic E-state index is 9.68. The fourth-order valence-electron chi connectivity index (χ4n) is 4.55. The number of aromatic nitrogens is 4. The highest BCUT2D eigenvalue weighted by molar-refractivity contribution is 7.19. The third kappa shape index (κ3) is 4.98. The summed E-state index contributed by atoms with van der Waals surface area (Å²) in [6.45, 7) is 12.6. The maximum absolute atomic E-state index is 9.68. The van der Waals surface area contributed by atoms with Crippen LogP contribution < -0.4 is 10.6 Å². The minimum atomic E-state index is -0.283. The second-order valence-electron chi connectivity index (χ2n) is 9.05. The van der Waals surface area contributed by atoms with Gasteiger partial charge < -0.3 is 20.5 Å². The van der Waals surface area contributed by atoms with E-state index in [4.69, 9.17) is 20.4 Å². The Morgan fingerprint density at radius 2 is 1.74 bits per heavy atom. The molecule has 0 aliphatic carbocycles. The minimum absolute atomic E-state index is 0.237. The molecule has 1 atom stereocenters. The molecule has 182 valence electrons. The molecule has 0 spiro atoms. The number of hydrogen-bond acceptors (Lipinski definition) is 11. The van der Waals surface area contributed by atoms with E-state index >= 15 is 0 Å². The number of nitrogen functional groups attached to an aromatic ring is 1. The van der Waals surface area contributed by atoms with Gasteiger partial charge in [-0.25, -0.2) is 19.9 Å². The van der Waals surface area contributed by atoms with Gasteiger partial charge in [0.05, 0.1) is 35.1 Å². The summed E-state index contributed by atoms with van der Waals surface area (Å²) in [5.74, 6) is 1.81. The van der Waals surface area contributed by atoms with Crippen LogP contribution in [0.3, 0.4) is 0 Å². The van der Waals surface area contributed by atoms with Crippen LogP contribution in [0.1, 0.15) is 17.4 Å². The van der Waals surface area contributed by atoms with Gasteiger partial charge in [0.25, 0.3) is 0 Å². The van der Waals surface area contributed by atoms with Crippen molar-refractivity contribution in [3.63, 3.8) is 0 Å². The molecule has 10 nitrogen and oxygen atoms in total. The van der Waals surface area contributed by atoms with Crippen LogP contribution in [0.5, 0.6) is 0 Å². The lowest BCUT2D eigenvalue weighted by Crippen LogP contribution is -2.47. The third-order valence-corrected chi connectivity index (χ3v) is 7.70. The van der Waals surface area contributed by atoms with E-state index in [0.29, 0.717) is 19.0 Å². The van der Waals surface area contributed by atoms with E-state index in [1.165, 1.54) is 10.4 Å².